The first-order valence-corrected chi connectivity index (χ1v) is 14.4. The number of imidazole rings is 1. The van der Waals surface area contributed by atoms with Crippen molar-refractivity contribution < 1.29 is 13.6 Å². The zero-order valence-corrected chi connectivity index (χ0v) is 24.0. The Balaban J connectivity index is 1.04. The lowest BCUT2D eigenvalue weighted by Gasteiger charge is -2.39. The molecule has 0 unspecified atom stereocenters. The van der Waals surface area contributed by atoms with Crippen molar-refractivity contribution in [3.8, 4) is 5.69 Å². The SMILES string of the molecule is Nc1ncnc2c1ncn2Cc1cn(-c2cccc(C(=O)N3CCN(C(c4ccc(F)cc4)c4ccc(F)cc4)CC3)c2)nn1. The van der Waals surface area contributed by atoms with Crippen molar-refractivity contribution in [2.75, 3.05) is 31.9 Å². The van der Waals surface area contributed by atoms with Crippen molar-refractivity contribution in [1.29, 1.82) is 0 Å². The molecule has 1 amide bonds. The van der Waals surface area contributed by atoms with Gasteiger partial charge < -0.3 is 15.2 Å². The quantitative estimate of drug-likeness (QED) is 0.291. The minimum Gasteiger partial charge on any atom is -0.382 e. The number of aromatic nitrogens is 7. The fourth-order valence-electron chi connectivity index (χ4n) is 5.74. The van der Waals surface area contributed by atoms with E-state index in [0.29, 0.717) is 66.7 Å². The number of benzene rings is 3. The highest BCUT2D eigenvalue weighted by atomic mass is 19.1. The molecule has 0 bridgehead atoms. The first kappa shape index (κ1) is 28.2. The second kappa shape index (κ2) is 11.8. The molecular formula is C32H28F2N10O. The summed E-state index contributed by atoms with van der Waals surface area (Å²) in [4.78, 5) is 30.2. The van der Waals surface area contributed by atoms with E-state index in [2.05, 4.69) is 30.2 Å². The lowest BCUT2D eigenvalue weighted by molar-refractivity contribution is 0.0597. The Bertz CT molecular complexity index is 1920. The predicted molar refractivity (Wildman–Crippen MR) is 162 cm³/mol. The number of nitrogen functional groups attached to an aromatic ring is 1. The number of nitrogens with two attached hydrogens (primary N) is 1. The normalized spacial score (nSPS) is 14.0. The molecule has 0 aliphatic carbocycles. The Hall–Kier alpha value is -5.56. The average Bonchev–Trinajstić information content (AvgIpc) is 3.71. The minimum absolute atomic E-state index is 0.0842. The fraction of sp³-hybridized carbons (Fsp3) is 0.188. The highest BCUT2D eigenvalue weighted by molar-refractivity contribution is 5.94. The second-order valence-electron chi connectivity index (χ2n) is 10.8. The highest BCUT2D eigenvalue weighted by Crippen LogP contribution is 2.30. The second-order valence-corrected chi connectivity index (χ2v) is 10.8. The lowest BCUT2D eigenvalue weighted by Crippen LogP contribution is -2.49. The van der Waals surface area contributed by atoms with Crippen LogP contribution in [0.5, 0.6) is 0 Å². The molecule has 1 aliphatic rings. The third-order valence-corrected chi connectivity index (χ3v) is 8.00. The van der Waals surface area contributed by atoms with E-state index in [1.165, 1.54) is 30.6 Å². The smallest absolute Gasteiger partial charge is 0.254 e. The minimum atomic E-state index is -0.316. The van der Waals surface area contributed by atoms with Crippen LogP contribution >= 0.6 is 0 Å². The van der Waals surface area contributed by atoms with Crippen LogP contribution in [0.15, 0.2) is 91.6 Å². The molecule has 1 fully saturated rings. The molecule has 3 aromatic carbocycles. The van der Waals surface area contributed by atoms with Crippen LogP contribution in [0.1, 0.15) is 33.2 Å². The van der Waals surface area contributed by atoms with Crippen molar-refractivity contribution in [2.24, 2.45) is 0 Å². The molecule has 0 spiro atoms. The summed E-state index contributed by atoms with van der Waals surface area (Å²) in [5.41, 5.74) is 10.8. The van der Waals surface area contributed by atoms with Gasteiger partial charge in [0.1, 0.15) is 29.2 Å². The van der Waals surface area contributed by atoms with Crippen molar-refractivity contribution in [3.63, 3.8) is 0 Å². The van der Waals surface area contributed by atoms with Gasteiger partial charge in [0, 0.05) is 31.7 Å². The van der Waals surface area contributed by atoms with Crippen molar-refractivity contribution in [1.82, 2.24) is 44.3 Å². The zero-order chi connectivity index (χ0) is 30.9. The van der Waals surface area contributed by atoms with Gasteiger partial charge in [0.2, 0.25) is 0 Å². The van der Waals surface area contributed by atoms with Crippen LogP contribution in [0, 0.1) is 11.6 Å². The summed E-state index contributed by atoms with van der Waals surface area (Å²) >= 11 is 0. The maximum absolute atomic E-state index is 13.7. The number of anilines is 1. The number of carbonyl (C=O) groups is 1. The molecule has 11 nitrogen and oxygen atoms in total. The number of nitrogens with zero attached hydrogens (tertiary/aromatic N) is 9. The highest BCUT2D eigenvalue weighted by Gasteiger charge is 2.29. The molecule has 226 valence electrons. The van der Waals surface area contributed by atoms with Crippen molar-refractivity contribution in [3.05, 3.63) is 126 Å². The van der Waals surface area contributed by atoms with E-state index in [-0.39, 0.29) is 23.6 Å². The Labute approximate surface area is 256 Å². The van der Waals surface area contributed by atoms with Crippen molar-refractivity contribution in [2.45, 2.75) is 12.6 Å². The maximum Gasteiger partial charge on any atom is 0.254 e. The Morgan fingerprint density at radius 2 is 1.56 bits per heavy atom. The van der Waals surface area contributed by atoms with E-state index in [1.807, 2.05) is 21.6 Å². The fourth-order valence-corrected chi connectivity index (χ4v) is 5.74. The summed E-state index contributed by atoms with van der Waals surface area (Å²) in [5, 5.41) is 8.56. The molecule has 0 atom stereocenters. The molecule has 7 rings (SSSR count). The molecule has 6 aromatic rings. The topological polar surface area (TPSA) is 124 Å². The number of hydrogen-bond acceptors (Lipinski definition) is 8. The monoisotopic (exact) mass is 606 g/mol. The van der Waals surface area contributed by atoms with Crippen LogP contribution < -0.4 is 5.73 Å². The van der Waals surface area contributed by atoms with Crippen LogP contribution in [0.2, 0.25) is 0 Å². The van der Waals surface area contributed by atoms with E-state index in [4.69, 9.17) is 5.73 Å². The molecule has 1 saturated heterocycles. The van der Waals surface area contributed by atoms with Gasteiger partial charge in [-0.05, 0) is 53.6 Å². The number of hydrogen-bond donors (Lipinski definition) is 1. The molecule has 2 N–H and O–H groups in total. The van der Waals surface area contributed by atoms with E-state index in [9.17, 15) is 13.6 Å². The average molecular weight is 607 g/mol. The van der Waals surface area contributed by atoms with Gasteiger partial charge in [-0.25, -0.2) is 28.4 Å². The maximum atomic E-state index is 13.7. The molecule has 0 saturated carbocycles. The first-order valence-electron chi connectivity index (χ1n) is 14.4. The van der Waals surface area contributed by atoms with Gasteiger partial charge in [-0.1, -0.05) is 35.5 Å². The molecule has 3 aromatic heterocycles. The van der Waals surface area contributed by atoms with Gasteiger partial charge in [-0.3, -0.25) is 9.69 Å². The van der Waals surface area contributed by atoms with Gasteiger partial charge in [-0.2, -0.15) is 0 Å². The van der Waals surface area contributed by atoms with Gasteiger partial charge >= 0.3 is 0 Å². The molecule has 1 aliphatic heterocycles. The van der Waals surface area contributed by atoms with E-state index in [1.54, 1.807) is 53.6 Å². The number of piperazine rings is 1. The Kier molecular flexibility index (Phi) is 7.43. The van der Waals surface area contributed by atoms with Crippen LogP contribution in [0.4, 0.5) is 14.6 Å². The molecule has 0 radical (unpaired) electrons. The van der Waals surface area contributed by atoms with E-state index < -0.39 is 0 Å². The number of fused-ring (bicyclic) bond motifs is 1. The molecule has 4 heterocycles. The first-order chi connectivity index (χ1) is 21.9. The molecular weight excluding hydrogens is 578 g/mol. The van der Waals surface area contributed by atoms with E-state index >= 15 is 0 Å². The van der Waals surface area contributed by atoms with Crippen LogP contribution in [-0.4, -0.2) is 76.4 Å². The van der Waals surface area contributed by atoms with Gasteiger partial charge in [0.05, 0.1) is 30.8 Å². The summed E-state index contributed by atoms with van der Waals surface area (Å²) in [6.07, 6.45) is 4.82. The van der Waals surface area contributed by atoms with E-state index in [0.717, 1.165) is 11.1 Å². The third kappa shape index (κ3) is 5.72. The van der Waals surface area contributed by atoms with Gasteiger partial charge in [-0.15, -0.1) is 5.10 Å². The summed E-state index contributed by atoms with van der Waals surface area (Å²) in [7, 11) is 0. The van der Waals surface area contributed by atoms with Gasteiger partial charge in [0.25, 0.3) is 5.91 Å². The summed E-state index contributed by atoms with van der Waals surface area (Å²) in [6, 6.07) is 19.8. The zero-order valence-electron chi connectivity index (χ0n) is 24.0. The summed E-state index contributed by atoms with van der Waals surface area (Å²) in [6.45, 7) is 2.57. The third-order valence-electron chi connectivity index (χ3n) is 8.00. The number of carbonyl (C=O) groups excluding carboxylic acids is 1. The Morgan fingerprint density at radius 1 is 0.867 bits per heavy atom. The number of halogens is 2. The van der Waals surface area contributed by atoms with Crippen LogP contribution in [-0.2, 0) is 6.54 Å². The van der Waals surface area contributed by atoms with Crippen molar-refractivity contribution >= 4 is 22.9 Å². The predicted octanol–water partition coefficient (Wildman–Crippen LogP) is 3.86. The van der Waals surface area contributed by atoms with Gasteiger partial charge in [0.15, 0.2) is 11.5 Å². The lowest BCUT2D eigenvalue weighted by atomic mass is 9.96. The number of amides is 1. The number of rotatable bonds is 7. The molecule has 45 heavy (non-hydrogen) atoms. The Morgan fingerprint density at radius 3 is 2.24 bits per heavy atom. The summed E-state index contributed by atoms with van der Waals surface area (Å²) in [5.74, 6) is -0.405. The standard InChI is InChI=1S/C32H28F2N10O/c33-24-8-4-21(5-9-24)29(22-6-10-25(34)11-7-22)41-12-14-42(15-13-41)32(45)23-2-1-3-27(16-23)44-18-26(39-40-44)17-43-20-38-28-30(35)36-19-37-31(28)43/h1-11,16,18-20,29H,12-15,17H2,(H2,35,36,37). The van der Waals surface area contributed by atoms with Crippen LogP contribution in [0.3, 0.4) is 0 Å². The van der Waals surface area contributed by atoms with Crippen LogP contribution in [0.25, 0.3) is 16.9 Å². The largest absolute Gasteiger partial charge is 0.382 e. The molecule has 13 heteroatoms. The summed E-state index contributed by atoms with van der Waals surface area (Å²) < 4.78 is 30.8.